The second-order valence-electron chi connectivity index (χ2n) is 7.78. The third-order valence-electron chi connectivity index (χ3n) is 5.49. The molecule has 7 nitrogen and oxygen atoms in total. The van der Waals surface area contributed by atoms with Crippen molar-refractivity contribution < 1.29 is 19.1 Å². The Labute approximate surface area is 197 Å². The number of hydrogen-bond donors (Lipinski definition) is 1. The summed E-state index contributed by atoms with van der Waals surface area (Å²) in [6, 6.07) is 12.1. The highest BCUT2D eigenvalue weighted by atomic mass is 32.1. The summed E-state index contributed by atoms with van der Waals surface area (Å²) in [7, 11) is 0. The summed E-state index contributed by atoms with van der Waals surface area (Å²) in [6.07, 6.45) is -0.125. The first-order chi connectivity index (χ1) is 15.9. The van der Waals surface area contributed by atoms with Crippen LogP contribution in [0.4, 0.5) is 11.4 Å². The molecule has 2 amide bonds. The minimum Gasteiger partial charge on any atom is -0.494 e. The van der Waals surface area contributed by atoms with Crippen LogP contribution >= 0.6 is 11.3 Å². The van der Waals surface area contributed by atoms with Crippen LogP contribution in [0.3, 0.4) is 0 Å². The van der Waals surface area contributed by atoms with Crippen LogP contribution in [0.15, 0.2) is 47.8 Å². The first kappa shape index (κ1) is 22.8. The number of ether oxygens (including phenoxy) is 2. The molecular formula is C25H27N3O4S. The van der Waals surface area contributed by atoms with Crippen molar-refractivity contribution >= 4 is 34.5 Å². The molecule has 1 aromatic heterocycles. The van der Waals surface area contributed by atoms with Crippen LogP contribution in [-0.2, 0) is 9.59 Å². The number of thiazole rings is 1. The second kappa shape index (κ2) is 9.62. The molecule has 0 radical (unpaired) electrons. The van der Waals surface area contributed by atoms with Crippen LogP contribution in [0, 0.1) is 6.92 Å². The third kappa shape index (κ3) is 4.71. The van der Waals surface area contributed by atoms with E-state index in [-0.39, 0.29) is 11.8 Å². The largest absolute Gasteiger partial charge is 0.494 e. The van der Waals surface area contributed by atoms with Crippen LogP contribution in [0.25, 0.3) is 11.3 Å². The molecule has 0 saturated carbocycles. The average Bonchev–Trinajstić information content (AvgIpc) is 3.25. The molecule has 8 heteroatoms. The Morgan fingerprint density at radius 2 is 2.00 bits per heavy atom. The van der Waals surface area contributed by atoms with Crippen molar-refractivity contribution in [1.82, 2.24) is 4.98 Å². The van der Waals surface area contributed by atoms with Gasteiger partial charge in [0.2, 0.25) is 5.91 Å². The maximum Gasteiger partial charge on any atom is 0.268 e. The van der Waals surface area contributed by atoms with Gasteiger partial charge in [0, 0.05) is 16.6 Å². The van der Waals surface area contributed by atoms with Gasteiger partial charge in [0.05, 0.1) is 23.0 Å². The number of fused-ring (bicyclic) bond motifs is 1. The van der Waals surface area contributed by atoms with Crippen molar-refractivity contribution in [1.29, 1.82) is 0 Å². The molecule has 0 aliphatic carbocycles. The Hall–Kier alpha value is -3.39. The first-order valence-electron chi connectivity index (χ1n) is 11.0. The number of hydrogen-bond acceptors (Lipinski definition) is 6. The van der Waals surface area contributed by atoms with Gasteiger partial charge in [0.25, 0.3) is 5.91 Å². The van der Waals surface area contributed by atoms with Crippen molar-refractivity contribution in [2.75, 3.05) is 16.8 Å². The molecule has 3 aromatic rings. The van der Waals surface area contributed by atoms with Crippen molar-refractivity contribution in [2.45, 2.75) is 46.3 Å². The van der Waals surface area contributed by atoms with Crippen molar-refractivity contribution in [3.8, 4) is 22.8 Å². The molecule has 2 unspecified atom stereocenters. The summed E-state index contributed by atoms with van der Waals surface area (Å²) in [4.78, 5) is 32.5. The summed E-state index contributed by atoms with van der Waals surface area (Å²) < 4.78 is 11.4. The highest BCUT2D eigenvalue weighted by Crippen LogP contribution is 2.39. The fourth-order valence-electron chi connectivity index (χ4n) is 3.76. The second-order valence-corrected chi connectivity index (χ2v) is 8.84. The molecule has 0 fully saturated rings. The SMILES string of the molecule is CCOc1ccc(NC(=O)C(C)N2C(=O)C(CC)Oc3ccc(-c4csc(C)n4)cc32)cc1. The summed E-state index contributed by atoms with van der Waals surface area (Å²) in [5, 5.41) is 5.84. The van der Waals surface area contributed by atoms with E-state index in [0.29, 0.717) is 30.2 Å². The normalized spacial score (nSPS) is 16.1. The smallest absolute Gasteiger partial charge is 0.268 e. The number of rotatable bonds is 7. The summed E-state index contributed by atoms with van der Waals surface area (Å²) >= 11 is 1.56. The van der Waals surface area contributed by atoms with Gasteiger partial charge in [0.15, 0.2) is 6.10 Å². The molecule has 33 heavy (non-hydrogen) atoms. The molecule has 0 spiro atoms. The van der Waals surface area contributed by atoms with E-state index in [1.54, 1.807) is 47.4 Å². The molecule has 172 valence electrons. The van der Waals surface area contributed by atoms with Gasteiger partial charge in [-0.3, -0.25) is 14.5 Å². The van der Waals surface area contributed by atoms with Gasteiger partial charge < -0.3 is 14.8 Å². The predicted molar refractivity (Wildman–Crippen MR) is 130 cm³/mol. The monoisotopic (exact) mass is 465 g/mol. The van der Waals surface area contributed by atoms with E-state index in [1.165, 1.54) is 0 Å². The van der Waals surface area contributed by atoms with Crippen LogP contribution in [-0.4, -0.2) is 35.6 Å². The molecule has 2 atom stereocenters. The number of carbonyl (C=O) groups is 2. The van der Waals surface area contributed by atoms with Crippen LogP contribution in [0.1, 0.15) is 32.2 Å². The fraction of sp³-hybridized carbons (Fsp3) is 0.320. The van der Waals surface area contributed by atoms with Gasteiger partial charge in [-0.05, 0) is 69.7 Å². The van der Waals surface area contributed by atoms with Crippen molar-refractivity contribution in [3.63, 3.8) is 0 Å². The van der Waals surface area contributed by atoms with E-state index in [0.717, 1.165) is 22.0 Å². The van der Waals surface area contributed by atoms with Crippen molar-refractivity contribution in [2.24, 2.45) is 0 Å². The van der Waals surface area contributed by atoms with E-state index in [4.69, 9.17) is 9.47 Å². The van der Waals surface area contributed by atoms with Gasteiger partial charge in [-0.25, -0.2) is 4.98 Å². The number of aromatic nitrogens is 1. The zero-order valence-electron chi connectivity index (χ0n) is 19.1. The predicted octanol–water partition coefficient (Wildman–Crippen LogP) is 5.05. The number of nitrogens with zero attached hydrogens (tertiary/aromatic N) is 2. The molecule has 0 bridgehead atoms. The minimum absolute atomic E-state index is 0.231. The van der Waals surface area contributed by atoms with Crippen molar-refractivity contribution in [3.05, 3.63) is 52.9 Å². The number of aryl methyl sites for hydroxylation is 1. The van der Waals surface area contributed by atoms with Crippen LogP contribution in [0.2, 0.25) is 0 Å². The molecular weight excluding hydrogens is 438 g/mol. The standard InChI is InChI=1S/C25H27N3O4S/c1-5-22-25(30)28(15(3)24(29)27-18-8-10-19(11-9-18)31-6-2)21-13-17(7-12-23(21)32-22)20-14-33-16(4)26-20/h7-15,22H,5-6H2,1-4H3,(H,27,29). The van der Waals surface area contributed by atoms with E-state index in [2.05, 4.69) is 10.3 Å². The highest BCUT2D eigenvalue weighted by Gasteiger charge is 2.38. The number of amides is 2. The third-order valence-corrected chi connectivity index (χ3v) is 6.26. The van der Waals surface area contributed by atoms with Gasteiger partial charge in [0.1, 0.15) is 17.5 Å². The lowest BCUT2D eigenvalue weighted by molar-refractivity contribution is -0.129. The summed E-state index contributed by atoms with van der Waals surface area (Å²) in [5.41, 5.74) is 2.91. The Balaban J connectivity index is 1.63. The maximum absolute atomic E-state index is 13.3. The van der Waals surface area contributed by atoms with E-state index >= 15 is 0 Å². The number of nitrogens with one attached hydrogen (secondary N) is 1. The molecule has 2 heterocycles. The number of benzene rings is 2. The molecule has 2 aromatic carbocycles. The average molecular weight is 466 g/mol. The molecule has 1 N–H and O–H groups in total. The van der Waals surface area contributed by atoms with Gasteiger partial charge in [-0.1, -0.05) is 6.92 Å². The number of carbonyl (C=O) groups excluding carboxylic acids is 2. The highest BCUT2D eigenvalue weighted by molar-refractivity contribution is 7.09. The summed E-state index contributed by atoms with van der Waals surface area (Å²) in [6.45, 7) is 8.05. The Kier molecular flexibility index (Phi) is 6.65. The lowest BCUT2D eigenvalue weighted by Gasteiger charge is -2.37. The van der Waals surface area contributed by atoms with Gasteiger partial charge in [-0.15, -0.1) is 11.3 Å². The topological polar surface area (TPSA) is 80.8 Å². The zero-order valence-corrected chi connectivity index (χ0v) is 19.9. The van der Waals surface area contributed by atoms with E-state index in [9.17, 15) is 9.59 Å². The van der Waals surface area contributed by atoms with Gasteiger partial charge in [-0.2, -0.15) is 0 Å². The fourth-order valence-corrected chi connectivity index (χ4v) is 4.38. The molecule has 1 aliphatic rings. The maximum atomic E-state index is 13.3. The van der Waals surface area contributed by atoms with Crippen LogP contribution < -0.4 is 19.7 Å². The lowest BCUT2D eigenvalue weighted by atomic mass is 10.0. The van der Waals surface area contributed by atoms with E-state index in [1.807, 2.05) is 44.4 Å². The van der Waals surface area contributed by atoms with E-state index < -0.39 is 12.1 Å². The quantitative estimate of drug-likeness (QED) is 0.528. The lowest BCUT2D eigenvalue weighted by Crippen LogP contribution is -2.53. The Morgan fingerprint density at radius 3 is 2.64 bits per heavy atom. The Morgan fingerprint density at radius 1 is 1.24 bits per heavy atom. The zero-order chi connectivity index (χ0) is 23.5. The minimum atomic E-state index is -0.742. The first-order valence-corrected chi connectivity index (χ1v) is 11.9. The summed E-state index contributed by atoms with van der Waals surface area (Å²) in [5.74, 6) is 0.797. The molecule has 0 saturated heterocycles. The molecule has 1 aliphatic heterocycles. The van der Waals surface area contributed by atoms with Gasteiger partial charge >= 0.3 is 0 Å². The number of anilines is 2. The van der Waals surface area contributed by atoms with Crippen LogP contribution in [0.5, 0.6) is 11.5 Å². The molecule has 4 rings (SSSR count). The Bertz CT molecular complexity index is 1160.